The molecule has 0 unspecified atom stereocenters. The third-order valence-electron chi connectivity index (χ3n) is 3.63. The van der Waals surface area contributed by atoms with Crippen molar-refractivity contribution in [2.24, 2.45) is 0 Å². The van der Waals surface area contributed by atoms with E-state index >= 15 is 0 Å². The fourth-order valence-corrected chi connectivity index (χ4v) is 3.82. The van der Waals surface area contributed by atoms with Crippen molar-refractivity contribution in [3.63, 3.8) is 0 Å². The second-order valence-corrected chi connectivity index (χ2v) is 7.30. The van der Waals surface area contributed by atoms with Crippen LogP contribution in [0.4, 0.5) is 0 Å². The molecule has 1 fully saturated rings. The van der Waals surface area contributed by atoms with Gasteiger partial charge in [-0.05, 0) is 25.0 Å². The summed E-state index contributed by atoms with van der Waals surface area (Å²) in [4.78, 5) is 14.1. The van der Waals surface area contributed by atoms with Gasteiger partial charge in [0.1, 0.15) is 0 Å². The van der Waals surface area contributed by atoms with Crippen molar-refractivity contribution < 1.29 is 22.4 Å². The maximum Gasteiger partial charge on any atom is 0.289 e. The van der Waals surface area contributed by atoms with Gasteiger partial charge in [-0.15, -0.1) is 0 Å². The summed E-state index contributed by atoms with van der Waals surface area (Å²) in [6, 6.07) is 2.79. The second kappa shape index (κ2) is 7.94. The number of morpholine rings is 1. The van der Waals surface area contributed by atoms with Crippen molar-refractivity contribution in [1.82, 2.24) is 9.21 Å². The van der Waals surface area contributed by atoms with Gasteiger partial charge in [0.2, 0.25) is 5.09 Å². The molecule has 0 spiro atoms. The number of ether oxygens (including phenoxy) is 1. The van der Waals surface area contributed by atoms with E-state index in [2.05, 4.69) is 0 Å². The quantitative estimate of drug-likeness (QED) is 0.750. The molecule has 8 heteroatoms. The molecular weight excluding hydrogens is 320 g/mol. The predicted molar refractivity (Wildman–Crippen MR) is 84.8 cm³/mol. The van der Waals surface area contributed by atoms with Crippen LogP contribution in [0.25, 0.3) is 0 Å². The molecule has 1 aliphatic rings. The second-order valence-electron chi connectivity index (χ2n) is 5.43. The molecule has 130 valence electrons. The molecule has 0 aromatic carbocycles. The summed E-state index contributed by atoms with van der Waals surface area (Å²) in [5, 5.41) is -0.185. The first kappa shape index (κ1) is 18.0. The van der Waals surface area contributed by atoms with Crippen LogP contribution in [0.15, 0.2) is 21.6 Å². The van der Waals surface area contributed by atoms with Crippen LogP contribution in [-0.2, 0) is 14.8 Å². The molecule has 1 aliphatic heterocycles. The topological polar surface area (TPSA) is 80.1 Å². The van der Waals surface area contributed by atoms with Gasteiger partial charge in [-0.3, -0.25) is 4.79 Å². The molecule has 0 radical (unpaired) electrons. The number of carbonyl (C=O) groups excluding carboxylic acids is 1. The first-order valence-electron chi connectivity index (χ1n) is 7.97. The minimum Gasteiger partial charge on any atom is -0.438 e. The highest BCUT2D eigenvalue weighted by molar-refractivity contribution is 7.89. The standard InChI is InChI=1S/C15H24N2O5S/c1-3-7-16(8-4-2)15(18)13-5-6-14(22-13)23(19,20)17-9-11-21-12-10-17/h5-6H,3-4,7-12H2,1-2H3. The average Bonchev–Trinajstić information content (AvgIpc) is 3.05. The van der Waals surface area contributed by atoms with Gasteiger partial charge < -0.3 is 14.1 Å². The Morgan fingerprint density at radius 2 is 1.78 bits per heavy atom. The average molecular weight is 344 g/mol. The molecule has 1 saturated heterocycles. The van der Waals surface area contributed by atoms with Gasteiger partial charge in [-0.2, -0.15) is 4.31 Å². The Labute approximate surface area is 137 Å². The summed E-state index contributed by atoms with van der Waals surface area (Å²) < 4.78 is 36.8. The van der Waals surface area contributed by atoms with Crippen LogP contribution < -0.4 is 0 Å². The smallest absolute Gasteiger partial charge is 0.289 e. The van der Waals surface area contributed by atoms with E-state index in [0.717, 1.165) is 12.8 Å². The fourth-order valence-electron chi connectivity index (χ4n) is 2.50. The van der Waals surface area contributed by atoms with Crippen molar-refractivity contribution in [2.45, 2.75) is 31.8 Å². The van der Waals surface area contributed by atoms with Crippen molar-refractivity contribution in [2.75, 3.05) is 39.4 Å². The van der Waals surface area contributed by atoms with Crippen LogP contribution in [0.1, 0.15) is 37.2 Å². The van der Waals surface area contributed by atoms with E-state index < -0.39 is 10.0 Å². The molecule has 2 rings (SSSR count). The van der Waals surface area contributed by atoms with E-state index in [0.29, 0.717) is 39.4 Å². The number of carbonyl (C=O) groups is 1. The summed E-state index contributed by atoms with van der Waals surface area (Å²) in [7, 11) is -3.71. The Hall–Kier alpha value is -1.38. The van der Waals surface area contributed by atoms with Crippen LogP contribution in [0.3, 0.4) is 0 Å². The molecule has 0 N–H and O–H groups in total. The molecule has 0 atom stereocenters. The number of furan rings is 1. The predicted octanol–water partition coefficient (Wildman–Crippen LogP) is 1.56. The number of nitrogens with zero attached hydrogens (tertiary/aromatic N) is 2. The van der Waals surface area contributed by atoms with Crippen LogP contribution in [0.2, 0.25) is 0 Å². The third-order valence-corrected chi connectivity index (χ3v) is 5.40. The van der Waals surface area contributed by atoms with E-state index in [1.807, 2.05) is 13.8 Å². The molecule has 0 bridgehead atoms. The lowest BCUT2D eigenvalue weighted by Gasteiger charge is -2.24. The zero-order valence-electron chi connectivity index (χ0n) is 13.7. The number of amides is 1. The highest BCUT2D eigenvalue weighted by Gasteiger charge is 2.30. The maximum absolute atomic E-state index is 12.5. The monoisotopic (exact) mass is 344 g/mol. The minimum absolute atomic E-state index is 0.0683. The van der Waals surface area contributed by atoms with Gasteiger partial charge >= 0.3 is 0 Å². The first-order chi connectivity index (χ1) is 11.0. The fraction of sp³-hybridized carbons (Fsp3) is 0.667. The molecule has 1 aromatic rings. The minimum atomic E-state index is -3.71. The van der Waals surface area contributed by atoms with Gasteiger partial charge in [0.05, 0.1) is 13.2 Å². The lowest BCUT2D eigenvalue weighted by molar-refractivity contribution is 0.0702. The Bertz CT molecular complexity index is 614. The molecular formula is C15H24N2O5S. The first-order valence-corrected chi connectivity index (χ1v) is 9.41. The van der Waals surface area contributed by atoms with Gasteiger partial charge in [-0.25, -0.2) is 8.42 Å². The van der Waals surface area contributed by atoms with Crippen LogP contribution in [-0.4, -0.2) is 62.9 Å². The third kappa shape index (κ3) is 4.13. The summed E-state index contributed by atoms with van der Waals surface area (Å²) in [6.07, 6.45) is 1.68. The number of hydrogen-bond donors (Lipinski definition) is 0. The molecule has 0 saturated carbocycles. The molecule has 23 heavy (non-hydrogen) atoms. The van der Waals surface area contributed by atoms with Crippen molar-refractivity contribution in [3.8, 4) is 0 Å². The SMILES string of the molecule is CCCN(CCC)C(=O)c1ccc(S(=O)(=O)N2CCOCC2)o1. The molecule has 0 aliphatic carbocycles. The highest BCUT2D eigenvalue weighted by atomic mass is 32.2. The normalized spacial score (nSPS) is 16.4. The Morgan fingerprint density at radius 3 is 2.35 bits per heavy atom. The zero-order chi connectivity index (χ0) is 16.9. The van der Waals surface area contributed by atoms with Gasteiger partial charge in [-0.1, -0.05) is 13.8 Å². The van der Waals surface area contributed by atoms with Gasteiger partial charge in [0, 0.05) is 26.2 Å². The number of sulfonamides is 1. The van der Waals surface area contributed by atoms with Crippen molar-refractivity contribution in [3.05, 3.63) is 17.9 Å². The molecule has 1 aromatic heterocycles. The number of hydrogen-bond acceptors (Lipinski definition) is 5. The zero-order valence-corrected chi connectivity index (χ0v) is 14.5. The summed E-state index contributed by atoms with van der Waals surface area (Å²) in [6.45, 7) is 6.56. The Kier molecular flexibility index (Phi) is 6.20. The Balaban J connectivity index is 2.17. The molecule has 1 amide bonds. The van der Waals surface area contributed by atoms with Crippen molar-refractivity contribution >= 4 is 15.9 Å². The Morgan fingerprint density at radius 1 is 1.17 bits per heavy atom. The highest BCUT2D eigenvalue weighted by Crippen LogP contribution is 2.21. The summed E-state index contributed by atoms with van der Waals surface area (Å²) in [5.74, 6) is -0.198. The van der Waals surface area contributed by atoms with Crippen LogP contribution in [0.5, 0.6) is 0 Å². The van der Waals surface area contributed by atoms with E-state index in [9.17, 15) is 13.2 Å². The van der Waals surface area contributed by atoms with E-state index in [1.54, 1.807) is 4.90 Å². The van der Waals surface area contributed by atoms with E-state index in [1.165, 1.54) is 16.4 Å². The molecule has 7 nitrogen and oxygen atoms in total. The lowest BCUT2D eigenvalue weighted by Crippen LogP contribution is -2.40. The summed E-state index contributed by atoms with van der Waals surface area (Å²) in [5.41, 5.74) is 0. The van der Waals surface area contributed by atoms with Crippen LogP contribution in [0, 0.1) is 0 Å². The van der Waals surface area contributed by atoms with Crippen LogP contribution >= 0.6 is 0 Å². The lowest BCUT2D eigenvalue weighted by atomic mass is 10.3. The number of rotatable bonds is 7. The van der Waals surface area contributed by atoms with E-state index in [4.69, 9.17) is 9.15 Å². The maximum atomic E-state index is 12.5. The van der Waals surface area contributed by atoms with Crippen molar-refractivity contribution in [1.29, 1.82) is 0 Å². The van der Waals surface area contributed by atoms with Gasteiger partial charge in [0.15, 0.2) is 5.76 Å². The molecule has 2 heterocycles. The summed E-state index contributed by atoms with van der Waals surface area (Å²) >= 11 is 0. The largest absolute Gasteiger partial charge is 0.438 e. The van der Waals surface area contributed by atoms with Gasteiger partial charge in [0.25, 0.3) is 15.9 Å². The van der Waals surface area contributed by atoms with E-state index in [-0.39, 0.29) is 16.8 Å².